The van der Waals surface area contributed by atoms with E-state index in [0.717, 1.165) is 11.3 Å². The molecular weight excluding hydrogens is 411 g/mol. The molecule has 32 heavy (non-hydrogen) atoms. The number of nitrogens with zero attached hydrogens (tertiary/aromatic N) is 4. The van der Waals surface area contributed by atoms with Crippen molar-refractivity contribution >= 4 is 23.1 Å². The third-order valence-electron chi connectivity index (χ3n) is 4.74. The van der Waals surface area contributed by atoms with Crippen LogP contribution in [0.4, 0.5) is 15.9 Å². The summed E-state index contributed by atoms with van der Waals surface area (Å²) in [6.07, 6.45) is 0.626. The zero-order valence-corrected chi connectivity index (χ0v) is 17.6. The molecule has 0 aliphatic carbocycles. The monoisotopic (exact) mass is 434 g/mol. The van der Waals surface area contributed by atoms with E-state index < -0.39 is 0 Å². The molecule has 0 aliphatic rings. The van der Waals surface area contributed by atoms with E-state index in [0.29, 0.717) is 42.5 Å². The predicted molar refractivity (Wildman–Crippen MR) is 119 cm³/mol. The number of ether oxygens (including phenoxy) is 1. The van der Waals surface area contributed by atoms with Gasteiger partial charge in [-0.1, -0.05) is 12.1 Å². The Bertz CT molecular complexity index is 1190. The van der Waals surface area contributed by atoms with Crippen molar-refractivity contribution in [1.29, 1.82) is 0 Å². The van der Waals surface area contributed by atoms with E-state index in [2.05, 4.69) is 25.9 Å². The number of amides is 1. The number of hydrogen-bond acceptors (Lipinski definition) is 6. The molecule has 0 saturated carbocycles. The second-order valence-electron chi connectivity index (χ2n) is 7.09. The van der Waals surface area contributed by atoms with Crippen LogP contribution < -0.4 is 15.4 Å². The van der Waals surface area contributed by atoms with Gasteiger partial charge in [0.25, 0.3) is 0 Å². The lowest BCUT2D eigenvalue weighted by atomic mass is 10.2. The Morgan fingerprint density at radius 3 is 2.56 bits per heavy atom. The van der Waals surface area contributed by atoms with Gasteiger partial charge in [-0.05, 0) is 61.0 Å². The zero-order chi connectivity index (χ0) is 22.3. The zero-order valence-electron chi connectivity index (χ0n) is 17.6. The van der Waals surface area contributed by atoms with Crippen LogP contribution in [0, 0.1) is 5.82 Å². The molecule has 2 heterocycles. The molecule has 8 nitrogen and oxygen atoms in total. The highest BCUT2D eigenvalue weighted by atomic mass is 19.1. The largest absolute Gasteiger partial charge is 0.494 e. The van der Waals surface area contributed by atoms with Gasteiger partial charge in [-0.25, -0.2) is 4.39 Å². The van der Waals surface area contributed by atoms with E-state index in [1.165, 1.54) is 12.1 Å². The normalized spacial score (nSPS) is 10.8. The van der Waals surface area contributed by atoms with Gasteiger partial charge in [0.05, 0.1) is 6.61 Å². The summed E-state index contributed by atoms with van der Waals surface area (Å²) in [5.41, 5.74) is 2.23. The van der Waals surface area contributed by atoms with E-state index in [-0.39, 0.29) is 18.1 Å². The van der Waals surface area contributed by atoms with E-state index >= 15 is 0 Å². The van der Waals surface area contributed by atoms with Gasteiger partial charge in [0.1, 0.15) is 17.4 Å². The molecule has 4 aromatic rings. The first-order valence-electron chi connectivity index (χ1n) is 10.3. The molecule has 4 rings (SSSR count). The molecule has 2 aromatic carbocycles. The third kappa shape index (κ3) is 5.37. The molecule has 0 unspecified atom stereocenters. The maximum atomic E-state index is 13.0. The van der Waals surface area contributed by atoms with Crippen molar-refractivity contribution in [2.45, 2.75) is 26.3 Å². The number of carbonyl (C=O) groups is 1. The van der Waals surface area contributed by atoms with Crippen molar-refractivity contribution in [2.24, 2.45) is 0 Å². The van der Waals surface area contributed by atoms with Crippen LogP contribution in [0.1, 0.15) is 24.7 Å². The van der Waals surface area contributed by atoms with Crippen molar-refractivity contribution in [3.63, 3.8) is 0 Å². The molecule has 0 spiro atoms. The van der Waals surface area contributed by atoms with Crippen LogP contribution in [0.3, 0.4) is 0 Å². The molecule has 1 amide bonds. The maximum absolute atomic E-state index is 13.0. The molecule has 0 saturated heterocycles. The first-order valence-corrected chi connectivity index (χ1v) is 10.3. The van der Waals surface area contributed by atoms with E-state index in [1.54, 1.807) is 40.9 Å². The van der Waals surface area contributed by atoms with Crippen LogP contribution in [-0.2, 0) is 17.8 Å². The number of carbonyl (C=O) groups excluding carboxylic acids is 1. The number of hydrogen-bond donors (Lipinski definition) is 2. The summed E-state index contributed by atoms with van der Waals surface area (Å²) in [6.45, 7) is 3.01. The quantitative estimate of drug-likeness (QED) is 0.416. The summed E-state index contributed by atoms with van der Waals surface area (Å²) in [5, 5.41) is 18.9. The van der Waals surface area contributed by atoms with E-state index in [4.69, 9.17) is 4.74 Å². The Kier molecular flexibility index (Phi) is 6.54. The fraction of sp³-hybridized carbons (Fsp3) is 0.217. The number of aromatic nitrogens is 4. The number of nitrogens with one attached hydrogen (secondary N) is 2. The smallest absolute Gasteiger partial charge is 0.224 e. The molecule has 2 N–H and O–H groups in total. The minimum Gasteiger partial charge on any atom is -0.494 e. The molecule has 164 valence electrons. The lowest BCUT2D eigenvalue weighted by Gasteiger charge is -2.08. The number of rotatable bonds is 9. The molecule has 0 radical (unpaired) electrons. The third-order valence-corrected chi connectivity index (χ3v) is 4.74. The molecule has 2 aromatic heterocycles. The highest BCUT2D eigenvalue weighted by Crippen LogP contribution is 2.16. The second kappa shape index (κ2) is 9.86. The average Bonchev–Trinajstić information content (AvgIpc) is 3.21. The summed E-state index contributed by atoms with van der Waals surface area (Å²) >= 11 is 0. The van der Waals surface area contributed by atoms with Crippen molar-refractivity contribution in [3.05, 3.63) is 77.9 Å². The van der Waals surface area contributed by atoms with Gasteiger partial charge in [0.2, 0.25) is 5.91 Å². The van der Waals surface area contributed by atoms with Gasteiger partial charge in [0, 0.05) is 25.1 Å². The number of halogens is 1. The Morgan fingerprint density at radius 1 is 1.03 bits per heavy atom. The van der Waals surface area contributed by atoms with Crippen LogP contribution in [0.15, 0.2) is 60.7 Å². The predicted octanol–water partition coefficient (Wildman–Crippen LogP) is 3.85. The Balaban J connectivity index is 1.35. The summed E-state index contributed by atoms with van der Waals surface area (Å²) in [4.78, 5) is 12.3. The highest BCUT2D eigenvalue weighted by Gasteiger charge is 2.11. The summed E-state index contributed by atoms with van der Waals surface area (Å²) < 4.78 is 20.1. The molecule has 0 bridgehead atoms. The maximum Gasteiger partial charge on any atom is 0.224 e. The molecule has 0 aliphatic heterocycles. The molecular formula is C23H23FN6O2. The van der Waals surface area contributed by atoms with Crippen LogP contribution in [-0.4, -0.2) is 32.3 Å². The summed E-state index contributed by atoms with van der Waals surface area (Å²) in [7, 11) is 0. The first kappa shape index (κ1) is 21.2. The van der Waals surface area contributed by atoms with E-state index in [9.17, 15) is 9.18 Å². The topological polar surface area (TPSA) is 93.4 Å². The van der Waals surface area contributed by atoms with Crippen LogP contribution in [0.25, 0.3) is 5.65 Å². The minimum absolute atomic E-state index is 0.128. The number of anilines is 2. The van der Waals surface area contributed by atoms with Crippen LogP contribution >= 0.6 is 0 Å². The highest BCUT2D eigenvalue weighted by molar-refractivity contribution is 5.90. The average molecular weight is 434 g/mol. The number of fused-ring (bicyclic) bond motifs is 1. The van der Waals surface area contributed by atoms with Crippen molar-refractivity contribution in [3.8, 4) is 5.75 Å². The number of benzene rings is 2. The second-order valence-corrected chi connectivity index (χ2v) is 7.09. The Labute approximate surface area is 184 Å². The fourth-order valence-corrected chi connectivity index (χ4v) is 3.13. The van der Waals surface area contributed by atoms with Crippen LogP contribution in [0.5, 0.6) is 5.75 Å². The van der Waals surface area contributed by atoms with Gasteiger partial charge in [-0.3, -0.25) is 4.79 Å². The summed E-state index contributed by atoms with van der Waals surface area (Å²) in [5.74, 6) is 1.58. The van der Waals surface area contributed by atoms with Crippen molar-refractivity contribution in [2.75, 3.05) is 17.2 Å². The SMILES string of the molecule is CCOc1ccc(NC(=O)CCc2nnc3ccc(NCc4ccc(F)cc4)nn23)cc1. The molecule has 0 fully saturated rings. The number of aryl methyl sites for hydroxylation is 1. The Morgan fingerprint density at radius 2 is 1.81 bits per heavy atom. The van der Waals surface area contributed by atoms with Gasteiger partial charge < -0.3 is 15.4 Å². The van der Waals surface area contributed by atoms with Crippen LogP contribution in [0.2, 0.25) is 0 Å². The molecule has 0 atom stereocenters. The fourth-order valence-electron chi connectivity index (χ4n) is 3.13. The first-order chi connectivity index (χ1) is 15.6. The van der Waals surface area contributed by atoms with Gasteiger partial charge >= 0.3 is 0 Å². The lowest BCUT2D eigenvalue weighted by Crippen LogP contribution is -2.13. The van der Waals surface area contributed by atoms with Gasteiger partial charge in [0.15, 0.2) is 11.5 Å². The Hall–Kier alpha value is -4.01. The standard InChI is InChI=1S/C23H23FN6O2/c1-2-32-19-9-7-18(8-10-19)26-23(31)14-13-22-28-27-21-12-11-20(29-30(21)22)25-15-16-3-5-17(24)6-4-16/h3-12H,2,13-15H2,1H3,(H,25,29)(H,26,31). The van der Waals surface area contributed by atoms with Gasteiger partial charge in [-0.2, -0.15) is 4.52 Å². The lowest BCUT2D eigenvalue weighted by molar-refractivity contribution is -0.116. The van der Waals surface area contributed by atoms with Gasteiger partial charge in [-0.15, -0.1) is 15.3 Å². The van der Waals surface area contributed by atoms with Crippen molar-refractivity contribution < 1.29 is 13.9 Å². The van der Waals surface area contributed by atoms with Crippen molar-refractivity contribution in [1.82, 2.24) is 19.8 Å². The summed E-state index contributed by atoms with van der Waals surface area (Å²) in [6, 6.07) is 17.1. The minimum atomic E-state index is -0.269. The molecule has 9 heteroatoms. The van der Waals surface area contributed by atoms with E-state index in [1.807, 2.05) is 19.1 Å².